The van der Waals surface area contributed by atoms with E-state index in [1.54, 1.807) is 16.8 Å². The van der Waals surface area contributed by atoms with Crippen LogP contribution in [-0.4, -0.2) is 20.2 Å². The second-order valence-electron chi connectivity index (χ2n) is 2.35. The third kappa shape index (κ3) is 1.71. The first-order chi connectivity index (χ1) is 6.27. The van der Waals surface area contributed by atoms with Crippen LogP contribution in [0.25, 0.3) is 5.69 Å². The van der Waals surface area contributed by atoms with Gasteiger partial charge in [-0.1, -0.05) is 11.6 Å². The molecule has 0 N–H and O–H groups in total. The van der Waals surface area contributed by atoms with Gasteiger partial charge in [0, 0.05) is 9.50 Å². The van der Waals surface area contributed by atoms with E-state index in [2.05, 4.69) is 31.5 Å². The van der Waals surface area contributed by atoms with Crippen LogP contribution in [0.2, 0.25) is 5.02 Å². The maximum Gasteiger partial charge on any atom is 0.143 e. The second-order valence-corrected chi connectivity index (χ2v) is 3.64. The summed E-state index contributed by atoms with van der Waals surface area (Å²) in [4.78, 5) is 0. The van der Waals surface area contributed by atoms with Gasteiger partial charge in [0.2, 0.25) is 0 Å². The molecule has 0 amide bonds. The predicted octanol–water partition coefficient (Wildman–Crippen LogP) is 2.08. The standard InChI is InChI=1S/C7H4BrClN4/c8-6-3-5(9)1-2-7(6)13-4-10-11-12-13/h1-4H. The molecule has 1 heterocycles. The Morgan fingerprint density at radius 3 is 2.85 bits per heavy atom. The number of rotatable bonds is 1. The predicted molar refractivity (Wildman–Crippen MR) is 51.9 cm³/mol. The van der Waals surface area contributed by atoms with Crippen LogP contribution in [-0.2, 0) is 0 Å². The molecule has 66 valence electrons. The Morgan fingerprint density at radius 2 is 2.23 bits per heavy atom. The lowest BCUT2D eigenvalue weighted by molar-refractivity contribution is 0.787. The smallest absolute Gasteiger partial charge is 0.143 e. The molecule has 0 fully saturated rings. The fraction of sp³-hybridized carbons (Fsp3) is 0. The molecule has 0 saturated heterocycles. The van der Waals surface area contributed by atoms with E-state index in [9.17, 15) is 0 Å². The molecule has 0 aliphatic carbocycles. The Hall–Kier alpha value is -0.940. The zero-order chi connectivity index (χ0) is 9.26. The number of nitrogens with zero attached hydrogens (tertiary/aromatic N) is 4. The molecular formula is C7H4BrClN4. The van der Waals surface area contributed by atoms with Gasteiger partial charge in [-0.3, -0.25) is 0 Å². The molecule has 6 heteroatoms. The summed E-state index contributed by atoms with van der Waals surface area (Å²) in [7, 11) is 0. The Bertz CT molecular complexity index is 414. The van der Waals surface area contributed by atoms with E-state index in [1.807, 2.05) is 6.07 Å². The fourth-order valence-electron chi connectivity index (χ4n) is 0.939. The van der Waals surface area contributed by atoms with Gasteiger partial charge >= 0.3 is 0 Å². The highest BCUT2D eigenvalue weighted by Gasteiger charge is 2.03. The van der Waals surface area contributed by atoms with E-state index < -0.39 is 0 Å². The molecule has 2 rings (SSSR count). The summed E-state index contributed by atoms with van der Waals surface area (Å²) in [6.07, 6.45) is 1.52. The first-order valence-corrected chi connectivity index (χ1v) is 4.63. The molecule has 0 bridgehead atoms. The number of hydrogen-bond donors (Lipinski definition) is 0. The lowest BCUT2D eigenvalue weighted by atomic mass is 10.3. The highest BCUT2D eigenvalue weighted by atomic mass is 79.9. The van der Waals surface area contributed by atoms with E-state index in [4.69, 9.17) is 11.6 Å². The van der Waals surface area contributed by atoms with Crippen LogP contribution in [0.3, 0.4) is 0 Å². The molecule has 0 saturated carbocycles. The van der Waals surface area contributed by atoms with Crippen LogP contribution in [0.4, 0.5) is 0 Å². The maximum absolute atomic E-state index is 5.79. The number of halogens is 2. The topological polar surface area (TPSA) is 43.6 Å². The molecule has 4 nitrogen and oxygen atoms in total. The maximum atomic E-state index is 5.79. The Morgan fingerprint density at radius 1 is 1.38 bits per heavy atom. The first kappa shape index (κ1) is 8.65. The molecule has 2 aromatic rings. The minimum absolute atomic E-state index is 0.670. The lowest BCUT2D eigenvalue weighted by Crippen LogP contribution is -1.95. The summed E-state index contributed by atoms with van der Waals surface area (Å²) >= 11 is 9.16. The third-order valence-electron chi connectivity index (χ3n) is 1.51. The highest BCUT2D eigenvalue weighted by molar-refractivity contribution is 9.10. The Kier molecular flexibility index (Phi) is 2.28. The van der Waals surface area contributed by atoms with Crippen LogP contribution in [0.5, 0.6) is 0 Å². The lowest BCUT2D eigenvalue weighted by Gasteiger charge is -2.01. The van der Waals surface area contributed by atoms with Gasteiger partial charge in [0.15, 0.2) is 0 Å². The van der Waals surface area contributed by atoms with Crippen molar-refractivity contribution in [3.63, 3.8) is 0 Å². The molecule has 1 aromatic carbocycles. The Labute approximate surface area is 87.6 Å². The third-order valence-corrected chi connectivity index (χ3v) is 2.38. The number of hydrogen-bond acceptors (Lipinski definition) is 3. The van der Waals surface area contributed by atoms with E-state index in [0.29, 0.717) is 5.02 Å². The van der Waals surface area contributed by atoms with Crippen molar-refractivity contribution in [3.8, 4) is 5.69 Å². The molecule has 0 radical (unpaired) electrons. The summed E-state index contributed by atoms with van der Waals surface area (Å²) < 4.78 is 2.41. The molecule has 0 aliphatic heterocycles. The van der Waals surface area contributed by atoms with Gasteiger partial charge in [-0.25, -0.2) is 0 Å². The summed E-state index contributed by atoms with van der Waals surface area (Å²) in [6.45, 7) is 0. The van der Waals surface area contributed by atoms with E-state index >= 15 is 0 Å². The van der Waals surface area contributed by atoms with E-state index in [0.717, 1.165) is 10.2 Å². The van der Waals surface area contributed by atoms with Crippen LogP contribution < -0.4 is 0 Å². The van der Waals surface area contributed by atoms with Crippen molar-refractivity contribution in [3.05, 3.63) is 34.0 Å². The number of aromatic nitrogens is 4. The average Bonchev–Trinajstić information content (AvgIpc) is 2.56. The van der Waals surface area contributed by atoms with Crippen molar-refractivity contribution in [2.24, 2.45) is 0 Å². The molecule has 0 atom stereocenters. The van der Waals surface area contributed by atoms with E-state index in [1.165, 1.54) is 6.33 Å². The van der Waals surface area contributed by atoms with Crippen molar-refractivity contribution in [2.75, 3.05) is 0 Å². The fourth-order valence-corrected chi connectivity index (χ4v) is 1.80. The van der Waals surface area contributed by atoms with Gasteiger partial charge in [-0.05, 0) is 44.6 Å². The molecule has 0 aliphatic rings. The van der Waals surface area contributed by atoms with Gasteiger partial charge in [-0.15, -0.1) is 5.10 Å². The Balaban J connectivity index is 2.53. The van der Waals surface area contributed by atoms with Gasteiger partial charge in [-0.2, -0.15) is 4.68 Å². The molecular weight excluding hydrogens is 255 g/mol. The molecule has 1 aromatic heterocycles. The minimum Gasteiger partial charge on any atom is -0.199 e. The summed E-state index contributed by atoms with van der Waals surface area (Å²) in [5.41, 5.74) is 0.856. The highest BCUT2D eigenvalue weighted by Crippen LogP contribution is 2.23. The van der Waals surface area contributed by atoms with Crippen LogP contribution in [0.15, 0.2) is 29.0 Å². The molecule has 0 unspecified atom stereocenters. The zero-order valence-corrected chi connectivity index (χ0v) is 8.70. The van der Waals surface area contributed by atoms with Crippen LogP contribution in [0, 0.1) is 0 Å². The zero-order valence-electron chi connectivity index (χ0n) is 6.35. The molecule has 13 heavy (non-hydrogen) atoms. The van der Waals surface area contributed by atoms with Crippen molar-refractivity contribution < 1.29 is 0 Å². The largest absolute Gasteiger partial charge is 0.199 e. The van der Waals surface area contributed by atoms with E-state index in [-0.39, 0.29) is 0 Å². The van der Waals surface area contributed by atoms with Crippen LogP contribution in [0.1, 0.15) is 0 Å². The van der Waals surface area contributed by atoms with Crippen molar-refractivity contribution in [2.45, 2.75) is 0 Å². The average molecular weight is 259 g/mol. The second kappa shape index (κ2) is 3.43. The van der Waals surface area contributed by atoms with Crippen LogP contribution >= 0.6 is 27.5 Å². The van der Waals surface area contributed by atoms with Gasteiger partial charge in [0.25, 0.3) is 0 Å². The quantitative estimate of drug-likeness (QED) is 0.787. The van der Waals surface area contributed by atoms with Crippen molar-refractivity contribution in [1.29, 1.82) is 0 Å². The molecule has 0 spiro atoms. The van der Waals surface area contributed by atoms with Crippen molar-refractivity contribution >= 4 is 27.5 Å². The summed E-state index contributed by atoms with van der Waals surface area (Å²) in [6, 6.07) is 5.41. The minimum atomic E-state index is 0.670. The number of benzene rings is 1. The summed E-state index contributed by atoms with van der Waals surface area (Å²) in [5, 5.41) is 11.5. The van der Waals surface area contributed by atoms with Gasteiger partial charge in [0.05, 0.1) is 5.69 Å². The van der Waals surface area contributed by atoms with Gasteiger partial charge in [0.1, 0.15) is 6.33 Å². The van der Waals surface area contributed by atoms with Gasteiger partial charge < -0.3 is 0 Å². The summed E-state index contributed by atoms with van der Waals surface area (Å²) in [5.74, 6) is 0. The number of tetrazole rings is 1. The SMILES string of the molecule is Clc1ccc(-n2cnnn2)c(Br)c1. The first-order valence-electron chi connectivity index (χ1n) is 3.46. The normalized spacial score (nSPS) is 10.3. The van der Waals surface area contributed by atoms with Crippen molar-refractivity contribution in [1.82, 2.24) is 20.2 Å². The monoisotopic (exact) mass is 258 g/mol.